The summed E-state index contributed by atoms with van der Waals surface area (Å²) in [6.45, 7) is 1.33. The van der Waals surface area contributed by atoms with Crippen molar-refractivity contribution in [1.29, 1.82) is 0 Å². The van der Waals surface area contributed by atoms with Gasteiger partial charge in [-0.3, -0.25) is 9.59 Å². The fourth-order valence-corrected chi connectivity index (χ4v) is 1.45. The number of esters is 1. The maximum atomic E-state index is 10.9. The summed E-state index contributed by atoms with van der Waals surface area (Å²) in [6.07, 6.45) is 3.65. The second-order valence-electron chi connectivity index (χ2n) is 2.89. The molecule has 1 amide bonds. The summed E-state index contributed by atoms with van der Waals surface area (Å²) >= 11 is 3.31. The molecular weight excluding hydrogens is 274 g/mol. The lowest BCUT2D eigenvalue weighted by Gasteiger charge is -2.05. The van der Waals surface area contributed by atoms with E-state index >= 15 is 0 Å². The Bertz CT molecular complexity index is 429. The lowest BCUT2D eigenvalue weighted by Crippen LogP contribution is -2.03. The molecule has 0 aliphatic carbocycles. The summed E-state index contributed by atoms with van der Waals surface area (Å²) in [5.74, 6) is 0.0555. The molecule has 0 aliphatic rings. The molecule has 0 bridgehead atoms. The quantitative estimate of drug-likeness (QED) is 0.523. The molecule has 0 spiro atoms. The highest BCUT2D eigenvalue weighted by Crippen LogP contribution is 2.24. The summed E-state index contributed by atoms with van der Waals surface area (Å²) in [7, 11) is 0. The molecule has 16 heavy (non-hydrogen) atoms. The summed E-state index contributed by atoms with van der Waals surface area (Å²) in [4.78, 5) is 20.9. The minimum Gasteiger partial charge on any atom is -0.426 e. The van der Waals surface area contributed by atoms with Crippen molar-refractivity contribution >= 4 is 34.4 Å². The van der Waals surface area contributed by atoms with Gasteiger partial charge in [0, 0.05) is 23.2 Å². The molecule has 5 heteroatoms. The monoisotopic (exact) mass is 283 g/mol. The van der Waals surface area contributed by atoms with Gasteiger partial charge in [-0.15, -0.1) is 0 Å². The van der Waals surface area contributed by atoms with Gasteiger partial charge in [0.25, 0.3) is 0 Å². The van der Waals surface area contributed by atoms with Gasteiger partial charge in [0.1, 0.15) is 5.75 Å². The van der Waals surface area contributed by atoms with Crippen LogP contribution in [0.3, 0.4) is 0 Å². The van der Waals surface area contributed by atoms with Gasteiger partial charge in [-0.1, -0.05) is 15.9 Å². The molecule has 0 heterocycles. The smallest absolute Gasteiger partial charge is 0.308 e. The van der Waals surface area contributed by atoms with E-state index in [1.165, 1.54) is 13.1 Å². The second kappa shape index (κ2) is 6.07. The van der Waals surface area contributed by atoms with Crippen molar-refractivity contribution in [2.45, 2.75) is 6.92 Å². The normalized spacial score (nSPS) is 10.1. The first-order valence-electron chi connectivity index (χ1n) is 4.47. The minimum atomic E-state index is -0.389. The van der Waals surface area contributed by atoms with Gasteiger partial charge in [-0.2, -0.15) is 0 Å². The Labute approximate surface area is 101 Å². The average molecular weight is 284 g/mol. The molecule has 4 nitrogen and oxygen atoms in total. The summed E-state index contributed by atoms with van der Waals surface area (Å²) in [5.41, 5.74) is 0.693. The minimum absolute atomic E-state index is 0.389. The van der Waals surface area contributed by atoms with Crippen molar-refractivity contribution < 1.29 is 14.3 Å². The molecule has 1 N–H and O–H groups in total. The first-order chi connectivity index (χ1) is 7.63. The van der Waals surface area contributed by atoms with Gasteiger partial charge in [0.05, 0.1) is 0 Å². The van der Waals surface area contributed by atoms with Gasteiger partial charge in [-0.05, 0) is 24.3 Å². The maximum absolute atomic E-state index is 10.9. The Kier molecular flexibility index (Phi) is 4.72. The van der Waals surface area contributed by atoms with E-state index in [2.05, 4.69) is 21.2 Å². The highest BCUT2D eigenvalue weighted by molar-refractivity contribution is 9.10. The molecule has 0 saturated heterocycles. The standard InChI is InChI=1S/C11H10BrNO3/c1-8(15)16-11-3-2-10(12)6-9(11)4-5-13-7-14/h2-7H,1H3,(H,13,14). The molecule has 0 aliphatic heterocycles. The highest BCUT2D eigenvalue weighted by Gasteiger charge is 2.04. The molecule has 1 rings (SSSR count). The lowest BCUT2D eigenvalue weighted by molar-refractivity contribution is -0.131. The Morgan fingerprint density at radius 2 is 2.25 bits per heavy atom. The molecule has 0 unspecified atom stereocenters. The predicted molar refractivity (Wildman–Crippen MR) is 63.7 cm³/mol. The van der Waals surface area contributed by atoms with Crippen molar-refractivity contribution in [3.8, 4) is 5.75 Å². The van der Waals surface area contributed by atoms with Gasteiger partial charge in [0.2, 0.25) is 6.41 Å². The summed E-state index contributed by atoms with van der Waals surface area (Å²) in [5, 5.41) is 2.38. The number of amides is 1. The van der Waals surface area contributed by atoms with Crippen molar-refractivity contribution in [2.75, 3.05) is 0 Å². The van der Waals surface area contributed by atoms with E-state index in [-0.39, 0.29) is 5.97 Å². The van der Waals surface area contributed by atoms with Gasteiger partial charge >= 0.3 is 5.97 Å². The molecule has 84 valence electrons. The number of nitrogens with one attached hydrogen (secondary N) is 1. The molecule has 0 aromatic heterocycles. The number of halogens is 1. The van der Waals surface area contributed by atoms with Gasteiger partial charge < -0.3 is 10.1 Å². The third-order valence-corrected chi connectivity index (χ3v) is 2.15. The number of hydrogen-bond donors (Lipinski definition) is 1. The summed E-state index contributed by atoms with van der Waals surface area (Å²) < 4.78 is 5.86. The van der Waals surface area contributed by atoms with Crippen LogP contribution in [0.2, 0.25) is 0 Å². The number of benzene rings is 1. The SMILES string of the molecule is CC(=O)Oc1ccc(Br)cc1C=CNC=O. The van der Waals surface area contributed by atoms with Crippen LogP contribution >= 0.6 is 15.9 Å². The van der Waals surface area contributed by atoms with E-state index in [0.717, 1.165) is 4.47 Å². The Balaban J connectivity index is 2.97. The van der Waals surface area contributed by atoms with Crippen LogP contribution in [-0.2, 0) is 9.59 Å². The van der Waals surface area contributed by atoms with Crippen LogP contribution in [0.25, 0.3) is 6.08 Å². The first-order valence-corrected chi connectivity index (χ1v) is 5.27. The van der Waals surface area contributed by atoms with Crippen molar-refractivity contribution in [2.24, 2.45) is 0 Å². The second-order valence-corrected chi connectivity index (χ2v) is 3.81. The van der Waals surface area contributed by atoms with Crippen molar-refractivity contribution in [3.63, 3.8) is 0 Å². The van der Waals surface area contributed by atoms with Crippen molar-refractivity contribution in [3.05, 3.63) is 34.4 Å². The molecule has 0 atom stereocenters. The summed E-state index contributed by atoms with van der Waals surface area (Å²) in [6, 6.07) is 5.22. The predicted octanol–water partition coefficient (Wildman–Crippen LogP) is 2.09. The zero-order valence-electron chi connectivity index (χ0n) is 8.57. The van der Waals surface area contributed by atoms with Crippen LogP contribution in [0.4, 0.5) is 0 Å². The Morgan fingerprint density at radius 3 is 2.88 bits per heavy atom. The van der Waals surface area contributed by atoms with E-state index in [1.807, 2.05) is 0 Å². The molecule has 1 aromatic rings. The Morgan fingerprint density at radius 1 is 1.50 bits per heavy atom. The fourth-order valence-electron chi connectivity index (χ4n) is 1.07. The molecule has 1 aromatic carbocycles. The lowest BCUT2D eigenvalue weighted by atomic mass is 10.2. The maximum Gasteiger partial charge on any atom is 0.308 e. The topological polar surface area (TPSA) is 55.4 Å². The van der Waals surface area contributed by atoms with Crippen LogP contribution in [0.5, 0.6) is 5.75 Å². The molecular formula is C11H10BrNO3. The number of rotatable bonds is 4. The largest absolute Gasteiger partial charge is 0.426 e. The first kappa shape index (κ1) is 12.4. The molecule has 0 radical (unpaired) electrons. The highest BCUT2D eigenvalue weighted by atomic mass is 79.9. The zero-order valence-corrected chi connectivity index (χ0v) is 10.2. The third kappa shape index (κ3) is 3.86. The zero-order chi connectivity index (χ0) is 12.0. The number of carbonyl (C=O) groups is 2. The van der Waals surface area contributed by atoms with E-state index in [9.17, 15) is 9.59 Å². The average Bonchev–Trinajstić information content (AvgIpc) is 2.22. The fraction of sp³-hybridized carbons (Fsp3) is 0.0909. The van der Waals surface area contributed by atoms with Crippen LogP contribution in [0.1, 0.15) is 12.5 Å². The van der Waals surface area contributed by atoms with E-state index < -0.39 is 0 Å². The van der Waals surface area contributed by atoms with Gasteiger partial charge in [0.15, 0.2) is 0 Å². The van der Waals surface area contributed by atoms with Crippen molar-refractivity contribution in [1.82, 2.24) is 5.32 Å². The van der Waals surface area contributed by atoms with Crippen LogP contribution in [0, 0.1) is 0 Å². The number of hydrogen-bond acceptors (Lipinski definition) is 3. The van der Waals surface area contributed by atoms with E-state index in [0.29, 0.717) is 17.7 Å². The molecule has 0 saturated carbocycles. The van der Waals surface area contributed by atoms with E-state index in [4.69, 9.17) is 4.74 Å². The van der Waals surface area contributed by atoms with Gasteiger partial charge in [-0.25, -0.2) is 0 Å². The molecule has 0 fully saturated rings. The number of ether oxygens (including phenoxy) is 1. The van der Waals surface area contributed by atoms with Crippen LogP contribution < -0.4 is 10.1 Å². The number of carbonyl (C=O) groups excluding carboxylic acids is 2. The van der Waals surface area contributed by atoms with E-state index in [1.54, 1.807) is 24.3 Å². The Hall–Kier alpha value is -1.62. The van der Waals surface area contributed by atoms with Crippen LogP contribution in [0.15, 0.2) is 28.9 Å². The van der Waals surface area contributed by atoms with Crippen LogP contribution in [-0.4, -0.2) is 12.4 Å². The third-order valence-electron chi connectivity index (χ3n) is 1.65.